The number of hydrogen-bond acceptors (Lipinski definition) is 4. The largest absolute Gasteiger partial charge is 0.395 e. The van der Waals surface area contributed by atoms with E-state index >= 15 is 0 Å². The summed E-state index contributed by atoms with van der Waals surface area (Å²) in [5, 5.41) is 10.1. The van der Waals surface area contributed by atoms with Crippen LogP contribution in [-0.4, -0.2) is 32.3 Å². The molecule has 0 aromatic carbocycles. The van der Waals surface area contributed by atoms with Gasteiger partial charge in [-0.15, -0.1) is 11.3 Å². The zero-order chi connectivity index (χ0) is 14.0. The fraction of sp³-hybridized carbons (Fsp3) is 0.500. The minimum absolute atomic E-state index is 0.0730. The van der Waals surface area contributed by atoms with E-state index in [1.807, 2.05) is 0 Å². The maximum atomic E-state index is 12.1. The van der Waals surface area contributed by atoms with Crippen molar-refractivity contribution in [1.29, 1.82) is 0 Å². The molecule has 0 aliphatic heterocycles. The van der Waals surface area contributed by atoms with Gasteiger partial charge in [0.25, 0.3) is 10.0 Å². The number of hydrogen-bond donors (Lipinski definition) is 2. The van der Waals surface area contributed by atoms with Crippen molar-refractivity contribution in [3.63, 3.8) is 0 Å². The molecule has 0 saturated heterocycles. The van der Waals surface area contributed by atoms with Gasteiger partial charge in [-0.25, -0.2) is 13.1 Å². The maximum Gasteiger partial charge on any atom is 0.390 e. The van der Waals surface area contributed by atoms with Crippen LogP contribution in [0, 0.1) is 0 Å². The van der Waals surface area contributed by atoms with Crippen molar-refractivity contribution in [2.45, 2.75) is 22.8 Å². The van der Waals surface area contributed by atoms with Gasteiger partial charge in [0, 0.05) is 0 Å². The number of alkyl halides is 3. The van der Waals surface area contributed by atoms with E-state index in [1.54, 1.807) is 4.72 Å². The van der Waals surface area contributed by atoms with Crippen molar-refractivity contribution < 1.29 is 26.7 Å². The second-order valence-corrected chi connectivity index (χ2v) is 6.61. The van der Waals surface area contributed by atoms with Gasteiger partial charge in [0.15, 0.2) is 4.21 Å². The Morgan fingerprint density at radius 2 is 2.11 bits per heavy atom. The Bertz CT molecular complexity index is 500. The SMILES string of the molecule is O=S(=O)(NC(CO)CC(F)(F)F)c1sccc1Cl. The molecule has 1 rings (SSSR count). The van der Waals surface area contributed by atoms with E-state index < -0.39 is 35.3 Å². The number of halogens is 4. The molecule has 1 aromatic heterocycles. The highest BCUT2D eigenvalue weighted by Crippen LogP contribution is 2.28. The van der Waals surface area contributed by atoms with Crippen LogP contribution >= 0.6 is 22.9 Å². The molecule has 4 nitrogen and oxygen atoms in total. The molecule has 2 N–H and O–H groups in total. The summed E-state index contributed by atoms with van der Waals surface area (Å²) in [4.78, 5) is 0. The number of sulfonamides is 1. The molecule has 0 spiro atoms. The van der Waals surface area contributed by atoms with E-state index in [9.17, 15) is 21.6 Å². The highest BCUT2D eigenvalue weighted by molar-refractivity contribution is 7.91. The standard InChI is InChI=1S/C8H9ClF3NO3S2/c9-6-1-2-17-7(6)18(15,16)13-5(4-14)3-8(10,11)12/h1-2,5,13-14H,3-4H2. The number of aliphatic hydroxyl groups excluding tert-OH is 1. The van der Waals surface area contributed by atoms with Crippen LogP contribution < -0.4 is 4.72 Å². The van der Waals surface area contributed by atoms with Crippen molar-refractivity contribution in [1.82, 2.24) is 4.72 Å². The van der Waals surface area contributed by atoms with E-state index in [1.165, 1.54) is 11.4 Å². The third-order valence-corrected chi connectivity index (χ3v) is 5.39. The van der Waals surface area contributed by atoms with E-state index in [0.717, 1.165) is 11.3 Å². The van der Waals surface area contributed by atoms with Crippen molar-refractivity contribution in [3.8, 4) is 0 Å². The van der Waals surface area contributed by atoms with Crippen LogP contribution in [0.1, 0.15) is 6.42 Å². The summed E-state index contributed by atoms with van der Waals surface area (Å²) in [6.45, 7) is -0.957. The van der Waals surface area contributed by atoms with Crippen LogP contribution in [0.5, 0.6) is 0 Å². The molecule has 0 bridgehead atoms. The molecule has 1 aromatic rings. The first kappa shape index (κ1) is 15.7. The van der Waals surface area contributed by atoms with Gasteiger partial charge in [0.2, 0.25) is 0 Å². The van der Waals surface area contributed by atoms with E-state index in [0.29, 0.717) is 0 Å². The van der Waals surface area contributed by atoms with Crippen LogP contribution in [0.4, 0.5) is 13.2 Å². The summed E-state index contributed by atoms with van der Waals surface area (Å²) in [6.07, 6.45) is -6.03. The molecule has 1 atom stereocenters. The first-order valence-corrected chi connectivity index (χ1v) is 7.33. The fourth-order valence-corrected chi connectivity index (χ4v) is 4.10. The monoisotopic (exact) mass is 323 g/mol. The molecule has 1 heterocycles. The average molecular weight is 324 g/mol. The van der Waals surface area contributed by atoms with Gasteiger partial charge in [-0.3, -0.25) is 0 Å². The predicted octanol–water partition coefficient (Wildman–Crippen LogP) is 1.99. The molecule has 0 saturated carbocycles. The summed E-state index contributed by atoms with van der Waals surface area (Å²) in [7, 11) is -4.15. The maximum absolute atomic E-state index is 12.1. The molecule has 0 aliphatic rings. The second-order valence-electron chi connectivity index (χ2n) is 3.38. The average Bonchev–Trinajstić information content (AvgIpc) is 2.61. The summed E-state index contributed by atoms with van der Waals surface area (Å²) >= 11 is 6.37. The number of aliphatic hydroxyl groups is 1. The Morgan fingerprint density at radius 3 is 2.50 bits per heavy atom. The molecular weight excluding hydrogens is 315 g/mol. The Kier molecular flexibility index (Phi) is 5.01. The number of nitrogens with one attached hydrogen (secondary N) is 1. The quantitative estimate of drug-likeness (QED) is 0.871. The number of rotatable bonds is 5. The lowest BCUT2D eigenvalue weighted by molar-refractivity contribution is -0.140. The normalized spacial score (nSPS) is 14.7. The Balaban J connectivity index is 2.85. The number of thiophene rings is 1. The summed E-state index contributed by atoms with van der Waals surface area (Å²) in [5.74, 6) is 0. The molecule has 0 fully saturated rings. The Hall–Kier alpha value is -0.350. The minimum Gasteiger partial charge on any atom is -0.395 e. The Morgan fingerprint density at radius 1 is 1.50 bits per heavy atom. The minimum atomic E-state index is -4.57. The van der Waals surface area contributed by atoms with Gasteiger partial charge >= 0.3 is 6.18 Å². The van der Waals surface area contributed by atoms with Gasteiger partial charge in [-0.1, -0.05) is 11.6 Å². The lowest BCUT2D eigenvalue weighted by Crippen LogP contribution is -2.40. The molecule has 0 amide bonds. The zero-order valence-electron chi connectivity index (χ0n) is 8.74. The predicted molar refractivity (Wildman–Crippen MR) is 61.2 cm³/mol. The molecule has 104 valence electrons. The van der Waals surface area contributed by atoms with Crippen LogP contribution in [0.15, 0.2) is 15.7 Å². The molecule has 10 heteroatoms. The van der Waals surface area contributed by atoms with Crippen LogP contribution in [0.2, 0.25) is 5.02 Å². The van der Waals surface area contributed by atoms with Crippen molar-refractivity contribution in [2.24, 2.45) is 0 Å². The van der Waals surface area contributed by atoms with E-state index in [-0.39, 0.29) is 9.23 Å². The van der Waals surface area contributed by atoms with Gasteiger partial charge in [-0.2, -0.15) is 13.2 Å². The third kappa shape index (κ3) is 4.39. The van der Waals surface area contributed by atoms with Gasteiger partial charge < -0.3 is 5.11 Å². The molecule has 1 unspecified atom stereocenters. The van der Waals surface area contributed by atoms with Crippen LogP contribution in [-0.2, 0) is 10.0 Å². The van der Waals surface area contributed by atoms with Crippen molar-refractivity contribution in [2.75, 3.05) is 6.61 Å². The van der Waals surface area contributed by atoms with Crippen molar-refractivity contribution in [3.05, 3.63) is 16.5 Å². The van der Waals surface area contributed by atoms with Gasteiger partial charge in [0.1, 0.15) is 0 Å². The van der Waals surface area contributed by atoms with E-state index in [4.69, 9.17) is 16.7 Å². The van der Waals surface area contributed by atoms with Gasteiger partial charge in [-0.05, 0) is 11.4 Å². The highest BCUT2D eigenvalue weighted by Gasteiger charge is 2.34. The lowest BCUT2D eigenvalue weighted by atomic mass is 10.2. The molecule has 18 heavy (non-hydrogen) atoms. The second kappa shape index (κ2) is 5.74. The van der Waals surface area contributed by atoms with Gasteiger partial charge in [0.05, 0.1) is 24.1 Å². The summed E-state index contributed by atoms with van der Waals surface area (Å²) in [5.41, 5.74) is 0. The van der Waals surface area contributed by atoms with E-state index in [2.05, 4.69) is 0 Å². The van der Waals surface area contributed by atoms with Crippen LogP contribution in [0.25, 0.3) is 0 Å². The van der Waals surface area contributed by atoms with Crippen molar-refractivity contribution >= 4 is 33.0 Å². The van der Waals surface area contributed by atoms with Crippen LogP contribution in [0.3, 0.4) is 0 Å². The first-order valence-electron chi connectivity index (χ1n) is 4.58. The highest BCUT2D eigenvalue weighted by atomic mass is 35.5. The fourth-order valence-electron chi connectivity index (χ4n) is 1.17. The lowest BCUT2D eigenvalue weighted by Gasteiger charge is -2.17. The zero-order valence-corrected chi connectivity index (χ0v) is 11.1. The molecule has 0 radical (unpaired) electrons. The Labute approximate surface area is 110 Å². The third-order valence-electron chi connectivity index (χ3n) is 1.85. The summed E-state index contributed by atoms with van der Waals surface area (Å²) in [6, 6.07) is -0.313. The topological polar surface area (TPSA) is 66.4 Å². The first-order chi connectivity index (χ1) is 8.15. The summed E-state index contributed by atoms with van der Waals surface area (Å²) < 4.78 is 61.3. The molecular formula is C8H9ClF3NO3S2. The smallest absolute Gasteiger partial charge is 0.390 e. The molecule has 0 aliphatic carbocycles.